The van der Waals surface area contributed by atoms with E-state index in [0.29, 0.717) is 0 Å². The summed E-state index contributed by atoms with van der Waals surface area (Å²) in [5.41, 5.74) is 0.771. The van der Waals surface area contributed by atoms with Gasteiger partial charge in [-0.1, -0.05) is 42.5 Å². The van der Waals surface area contributed by atoms with Gasteiger partial charge < -0.3 is 0 Å². The van der Waals surface area contributed by atoms with Crippen LogP contribution in [0, 0.1) is 10.1 Å². The topological polar surface area (TPSA) is 43.1 Å². The fourth-order valence-corrected chi connectivity index (χ4v) is 1.57. The number of hydrogen-bond acceptors (Lipinski definition) is 2. The van der Waals surface area contributed by atoms with Crippen molar-refractivity contribution in [3.8, 4) is 0 Å². The van der Waals surface area contributed by atoms with Gasteiger partial charge in [0.2, 0.25) is 6.54 Å². The molecule has 2 aromatic carbocycles. The number of fused-ring (bicyclic) bond motifs is 1. The summed E-state index contributed by atoms with van der Waals surface area (Å²) in [6.45, 7) is -0.110. The van der Waals surface area contributed by atoms with Gasteiger partial charge in [0.05, 0.1) is 0 Å². The average molecular weight is 187 g/mol. The molecule has 0 saturated heterocycles. The van der Waals surface area contributed by atoms with Gasteiger partial charge in [-0.3, -0.25) is 10.1 Å². The molecule has 0 fully saturated rings. The van der Waals surface area contributed by atoms with Crippen molar-refractivity contribution in [2.45, 2.75) is 6.54 Å². The van der Waals surface area contributed by atoms with Crippen molar-refractivity contribution in [1.82, 2.24) is 0 Å². The van der Waals surface area contributed by atoms with Gasteiger partial charge in [0.15, 0.2) is 0 Å². The first-order chi connectivity index (χ1) is 6.77. The Bertz CT molecular complexity index is 474. The van der Waals surface area contributed by atoms with Gasteiger partial charge in [-0.25, -0.2) is 0 Å². The summed E-state index contributed by atoms with van der Waals surface area (Å²) in [5, 5.41) is 12.4. The highest BCUT2D eigenvalue weighted by Crippen LogP contribution is 2.18. The van der Waals surface area contributed by atoms with Crippen LogP contribution in [0.1, 0.15) is 5.56 Å². The third kappa shape index (κ3) is 1.57. The van der Waals surface area contributed by atoms with E-state index in [1.165, 1.54) is 0 Å². The van der Waals surface area contributed by atoms with E-state index in [1.807, 2.05) is 36.4 Å². The van der Waals surface area contributed by atoms with Crippen molar-refractivity contribution < 1.29 is 4.92 Å². The summed E-state index contributed by atoms with van der Waals surface area (Å²) < 4.78 is 0. The monoisotopic (exact) mass is 187 g/mol. The molecule has 70 valence electrons. The van der Waals surface area contributed by atoms with E-state index < -0.39 is 0 Å². The Morgan fingerprint density at radius 2 is 1.79 bits per heavy atom. The predicted octanol–water partition coefficient (Wildman–Crippen LogP) is 2.62. The van der Waals surface area contributed by atoms with Gasteiger partial charge in [-0.2, -0.15) is 0 Å². The summed E-state index contributed by atoms with van der Waals surface area (Å²) in [6.07, 6.45) is 0. The first kappa shape index (κ1) is 8.69. The van der Waals surface area contributed by atoms with Crippen LogP contribution in [0.2, 0.25) is 0 Å². The molecule has 0 unspecified atom stereocenters. The van der Waals surface area contributed by atoms with E-state index >= 15 is 0 Å². The van der Waals surface area contributed by atoms with Crippen LogP contribution in [-0.2, 0) is 6.54 Å². The van der Waals surface area contributed by atoms with Gasteiger partial charge in [-0.15, -0.1) is 0 Å². The van der Waals surface area contributed by atoms with Crippen LogP contribution in [0.15, 0.2) is 42.5 Å². The normalized spacial score (nSPS) is 10.3. The lowest BCUT2D eigenvalue weighted by molar-refractivity contribution is -0.496. The van der Waals surface area contributed by atoms with Crippen LogP contribution >= 0.6 is 0 Å². The fraction of sp³-hybridized carbons (Fsp3) is 0.0909. The maximum atomic E-state index is 10.4. The lowest BCUT2D eigenvalue weighted by Crippen LogP contribution is -1.98. The van der Waals surface area contributed by atoms with Crippen molar-refractivity contribution >= 4 is 10.8 Å². The number of benzene rings is 2. The Balaban J connectivity index is 2.59. The third-order valence-electron chi connectivity index (χ3n) is 2.18. The van der Waals surface area contributed by atoms with Crippen LogP contribution in [0.5, 0.6) is 0 Å². The van der Waals surface area contributed by atoms with Gasteiger partial charge >= 0.3 is 0 Å². The molecule has 0 aromatic heterocycles. The molecule has 0 aliphatic heterocycles. The lowest BCUT2D eigenvalue weighted by Gasteiger charge is -2.01. The lowest BCUT2D eigenvalue weighted by atomic mass is 10.1. The largest absolute Gasteiger partial charge is 0.264 e. The Kier molecular flexibility index (Phi) is 2.14. The Hall–Kier alpha value is -1.90. The van der Waals surface area contributed by atoms with E-state index in [4.69, 9.17) is 0 Å². The van der Waals surface area contributed by atoms with E-state index in [2.05, 4.69) is 0 Å². The molecule has 0 aliphatic carbocycles. The molecule has 0 atom stereocenters. The van der Waals surface area contributed by atoms with Crippen LogP contribution < -0.4 is 0 Å². The van der Waals surface area contributed by atoms with Gasteiger partial charge in [-0.05, 0) is 10.8 Å². The highest BCUT2D eigenvalue weighted by Gasteiger charge is 2.05. The van der Waals surface area contributed by atoms with Gasteiger partial charge in [0.1, 0.15) is 0 Å². The first-order valence-corrected chi connectivity index (χ1v) is 4.36. The van der Waals surface area contributed by atoms with E-state index in [1.54, 1.807) is 6.07 Å². The highest BCUT2D eigenvalue weighted by molar-refractivity contribution is 5.85. The summed E-state index contributed by atoms with van der Waals surface area (Å²) >= 11 is 0. The molecule has 0 spiro atoms. The molecule has 2 aromatic rings. The smallest absolute Gasteiger partial charge is 0.229 e. The molecule has 14 heavy (non-hydrogen) atoms. The number of nitro groups is 1. The minimum Gasteiger partial charge on any atom is -0.264 e. The fourth-order valence-electron chi connectivity index (χ4n) is 1.57. The average Bonchev–Trinajstić information content (AvgIpc) is 2.18. The van der Waals surface area contributed by atoms with Crippen LogP contribution in [0.4, 0.5) is 0 Å². The molecule has 2 rings (SSSR count). The SMILES string of the molecule is O=[N+]([O-])Cc1cccc2ccccc12. The molecule has 0 radical (unpaired) electrons. The zero-order valence-electron chi connectivity index (χ0n) is 7.51. The quantitative estimate of drug-likeness (QED) is 0.535. The molecule has 3 heteroatoms. The molecule has 3 nitrogen and oxygen atoms in total. The molecule has 0 N–H and O–H groups in total. The standard InChI is InChI=1S/C11H9NO2/c13-12(14)8-10-6-3-5-9-4-1-2-7-11(9)10/h1-7H,8H2. The van der Waals surface area contributed by atoms with Crippen molar-refractivity contribution in [3.63, 3.8) is 0 Å². The van der Waals surface area contributed by atoms with Crippen LogP contribution in [0.3, 0.4) is 0 Å². The second-order valence-corrected chi connectivity index (χ2v) is 3.13. The minimum atomic E-state index is -0.304. The molecule has 0 bridgehead atoms. The van der Waals surface area contributed by atoms with Gasteiger partial charge in [0, 0.05) is 10.5 Å². The molecule has 0 heterocycles. The zero-order valence-corrected chi connectivity index (χ0v) is 7.51. The van der Waals surface area contributed by atoms with Crippen molar-refractivity contribution in [3.05, 3.63) is 58.1 Å². The molecule has 0 aliphatic rings. The number of hydrogen-bond donors (Lipinski definition) is 0. The molecular weight excluding hydrogens is 178 g/mol. The molecule has 0 saturated carbocycles. The van der Waals surface area contributed by atoms with E-state index in [0.717, 1.165) is 16.3 Å². The summed E-state index contributed by atoms with van der Waals surface area (Å²) in [7, 11) is 0. The second-order valence-electron chi connectivity index (χ2n) is 3.13. The Labute approximate surface area is 81.1 Å². The van der Waals surface area contributed by atoms with E-state index in [-0.39, 0.29) is 11.5 Å². The Morgan fingerprint density at radius 1 is 1.07 bits per heavy atom. The van der Waals surface area contributed by atoms with Crippen molar-refractivity contribution in [2.24, 2.45) is 0 Å². The summed E-state index contributed by atoms with van der Waals surface area (Å²) in [5.74, 6) is 0. The van der Waals surface area contributed by atoms with Crippen LogP contribution in [0.25, 0.3) is 10.8 Å². The highest BCUT2D eigenvalue weighted by atomic mass is 16.6. The third-order valence-corrected chi connectivity index (χ3v) is 2.18. The van der Waals surface area contributed by atoms with Crippen molar-refractivity contribution in [2.75, 3.05) is 0 Å². The van der Waals surface area contributed by atoms with Crippen LogP contribution in [-0.4, -0.2) is 4.92 Å². The van der Waals surface area contributed by atoms with Gasteiger partial charge in [0.25, 0.3) is 0 Å². The maximum Gasteiger partial charge on any atom is 0.229 e. The zero-order chi connectivity index (χ0) is 9.97. The maximum absolute atomic E-state index is 10.4. The minimum absolute atomic E-state index is 0.110. The second kappa shape index (κ2) is 3.46. The first-order valence-electron chi connectivity index (χ1n) is 4.36. The molecular formula is C11H9NO2. The predicted molar refractivity (Wildman–Crippen MR) is 54.6 cm³/mol. The summed E-state index contributed by atoms with van der Waals surface area (Å²) in [4.78, 5) is 10.1. The van der Waals surface area contributed by atoms with Crippen molar-refractivity contribution in [1.29, 1.82) is 0 Å². The number of nitrogens with zero attached hydrogens (tertiary/aromatic N) is 1. The Morgan fingerprint density at radius 3 is 2.57 bits per heavy atom. The number of rotatable bonds is 2. The summed E-state index contributed by atoms with van der Waals surface area (Å²) in [6, 6.07) is 13.3. The van der Waals surface area contributed by atoms with E-state index in [9.17, 15) is 10.1 Å². The molecule has 0 amide bonds.